The predicted molar refractivity (Wildman–Crippen MR) is 145 cm³/mol. The molecule has 0 atom stereocenters. The number of hydrogen-bond acceptors (Lipinski definition) is 6. The number of hydrogen-bond donors (Lipinski definition) is 1. The molecule has 0 bridgehead atoms. The summed E-state index contributed by atoms with van der Waals surface area (Å²) in [7, 11) is 0. The van der Waals surface area contributed by atoms with Gasteiger partial charge in [0.25, 0.3) is 17.1 Å². The monoisotopic (exact) mass is 574 g/mol. The summed E-state index contributed by atoms with van der Waals surface area (Å²) in [5.41, 5.74) is -0.0314. The zero-order chi connectivity index (χ0) is 29.0. The van der Waals surface area contributed by atoms with Crippen LogP contribution >= 0.6 is 11.8 Å². The molecule has 2 fully saturated rings. The van der Waals surface area contributed by atoms with Gasteiger partial charge >= 0.3 is 6.18 Å². The number of halogens is 3. The van der Waals surface area contributed by atoms with Crippen LogP contribution in [0.25, 0.3) is 6.08 Å². The molecule has 2 aliphatic heterocycles. The van der Waals surface area contributed by atoms with E-state index in [4.69, 9.17) is 0 Å². The summed E-state index contributed by atoms with van der Waals surface area (Å²) < 4.78 is 40.0. The molecule has 0 saturated carbocycles. The third-order valence-electron chi connectivity index (χ3n) is 6.46. The Morgan fingerprint density at radius 1 is 1.00 bits per heavy atom. The van der Waals surface area contributed by atoms with Gasteiger partial charge < -0.3 is 10.2 Å². The van der Waals surface area contributed by atoms with E-state index in [1.807, 2.05) is 18.7 Å². The zero-order valence-corrected chi connectivity index (χ0v) is 22.8. The van der Waals surface area contributed by atoms with Crippen molar-refractivity contribution in [3.05, 3.63) is 75.7 Å². The highest BCUT2D eigenvalue weighted by molar-refractivity contribution is 8.18. The molecule has 2 saturated heterocycles. The second-order valence-corrected chi connectivity index (χ2v) is 10.8. The Bertz CT molecular complexity index is 1320. The van der Waals surface area contributed by atoms with E-state index in [-0.39, 0.29) is 34.9 Å². The van der Waals surface area contributed by atoms with Crippen LogP contribution in [-0.4, -0.2) is 76.4 Å². The fraction of sp³-hybridized carbons (Fsp3) is 0.357. The molecule has 2 heterocycles. The summed E-state index contributed by atoms with van der Waals surface area (Å²) in [6.07, 6.45) is -3.12. The van der Waals surface area contributed by atoms with Crippen LogP contribution in [0.2, 0.25) is 0 Å². The van der Waals surface area contributed by atoms with Gasteiger partial charge in [-0.1, -0.05) is 30.3 Å². The molecule has 2 aromatic carbocycles. The summed E-state index contributed by atoms with van der Waals surface area (Å²) in [5.74, 6) is -0.872. The molecule has 4 amide bonds. The van der Waals surface area contributed by atoms with Gasteiger partial charge in [-0.25, -0.2) is 0 Å². The lowest BCUT2D eigenvalue weighted by Crippen LogP contribution is -2.51. The first kappa shape index (κ1) is 29.3. The molecule has 0 spiro atoms. The maximum absolute atomic E-state index is 13.3. The van der Waals surface area contributed by atoms with Crippen molar-refractivity contribution >= 4 is 40.8 Å². The molecular weight excluding hydrogens is 545 g/mol. The van der Waals surface area contributed by atoms with Gasteiger partial charge in [-0.2, -0.15) is 13.2 Å². The number of benzene rings is 2. The van der Waals surface area contributed by atoms with Gasteiger partial charge in [0.15, 0.2) is 0 Å². The van der Waals surface area contributed by atoms with E-state index >= 15 is 0 Å². The van der Waals surface area contributed by atoms with Crippen molar-refractivity contribution in [1.29, 1.82) is 0 Å². The third-order valence-corrected chi connectivity index (χ3v) is 7.36. The van der Waals surface area contributed by atoms with Crippen LogP contribution in [-0.2, 0) is 22.3 Å². The van der Waals surface area contributed by atoms with Crippen LogP contribution in [0.4, 0.5) is 18.0 Å². The molecule has 40 heavy (non-hydrogen) atoms. The highest BCUT2D eigenvalue weighted by atomic mass is 32.2. The maximum atomic E-state index is 13.3. The number of nitrogens with zero attached hydrogens (tertiary/aromatic N) is 3. The number of imide groups is 1. The van der Waals surface area contributed by atoms with E-state index in [2.05, 4.69) is 5.32 Å². The molecule has 12 heteroatoms. The number of rotatable bonds is 7. The highest BCUT2D eigenvalue weighted by Crippen LogP contribution is 2.36. The summed E-state index contributed by atoms with van der Waals surface area (Å²) in [6.45, 7) is 5.74. The van der Waals surface area contributed by atoms with Gasteiger partial charge in [0.2, 0.25) is 5.91 Å². The molecule has 2 aromatic rings. The summed E-state index contributed by atoms with van der Waals surface area (Å²) in [5, 5.41) is 2.20. The lowest BCUT2D eigenvalue weighted by molar-refractivity contribution is -0.139. The van der Waals surface area contributed by atoms with Gasteiger partial charge in [0.1, 0.15) is 0 Å². The van der Waals surface area contributed by atoms with Crippen molar-refractivity contribution in [2.24, 2.45) is 0 Å². The van der Waals surface area contributed by atoms with Crippen molar-refractivity contribution in [3.63, 3.8) is 0 Å². The number of piperazine rings is 1. The average molecular weight is 575 g/mol. The zero-order valence-electron chi connectivity index (χ0n) is 22.0. The Balaban J connectivity index is 1.36. The molecule has 0 aliphatic carbocycles. The standard InChI is InChI=1S/C28H29F3N4O4S/c1-18(2)32-24(36)17-33-11-13-34(14-12-33)25(37)20-9-7-19(8-10-20)15-23-26(38)35(27(39)40-23)16-21-5-3-4-6-22(21)28(29,30)31/h3-10,15,18H,11-14,16-17H2,1-2H3,(H,32,36)/b23-15-. The topological polar surface area (TPSA) is 90.0 Å². The number of carbonyl (C=O) groups excluding carboxylic acids is 4. The number of nitrogens with one attached hydrogen (secondary N) is 1. The van der Waals surface area contributed by atoms with E-state index in [1.54, 1.807) is 29.2 Å². The summed E-state index contributed by atoms with van der Waals surface area (Å²) in [4.78, 5) is 54.9. The minimum Gasteiger partial charge on any atom is -0.353 e. The molecule has 4 rings (SSSR count). The van der Waals surface area contributed by atoms with Crippen LogP contribution in [0.15, 0.2) is 53.4 Å². The minimum atomic E-state index is -4.61. The molecule has 0 unspecified atom stereocenters. The van der Waals surface area contributed by atoms with E-state index < -0.39 is 29.4 Å². The quantitative estimate of drug-likeness (QED) is 0.498. The van der Waals surface area contributed by atoms with E-state index in [0.29, 0.717) is 49.1 Å². The van der Waals surface area contributed by atoms with Gasteiger partial charge in [-0.05, 0) is 61.0 Å². The first-order valence-corrected chi connectivity index (χ1v) is 13.6. The minimum absolute atomic E-state index is 0.0469. The van der Waals surface area contributed by atoms with Crippen LogP contribution in [0.1, 0.15) is 40.9 Å². The lowest BCUT2D eigenvalue weighted by atomic mass is 10.1. The Morgan fingerprint density at radius 3 is 2.27 bits per heavy atom. The Kier molecular flexibility index (Phi) is 8.99. The lowest BCUT2D eigenvalue weighted by Gasteiger charge is -2.34. The highest BCUT2D eigenvalue weighted by Gasteiger charge is 2.38. The number of amides is 4. The third kappa shape index (κ3) is 7.11. The van der Waals surface area contributed by atoms with Crippen molar-refractivity contribution in [2.75, 3.05) is 32.7 Å². The Morgan fingerprint density at radius 2 is 1.65 bits per heavy atom. The maximum Gasteiger partial charge on any atom is 0.416 e. The fourth-order valence-electron chi connectivity index (χ4n) is 4.48. The predicted octanol–water partition coefficient (Wildman–Crippen LogP) is 4.22. The molecular formula is C28H29F3N4O4S. The normalized spacial score (nSPS) is 17.7. The largest absolute Gasteiger partial charge is 0.416 e. The molecule has 8 nitrogen and oxygen atoms in total. The summed E-state index contributed by atoms with van der Waals surface area (Å²) >= 11 is 0.659. The molecule has 2 aliphatic rings. The first-order valence-electron chi connectivity index (χ1n) is 12.7. The van der Waals surface area contributed by atoms with E-state index in [0.717, 1.165) is 11.0 Å². The molecule has 212 valence electrons. The van der Waals surface area contributed by atoms with E-state index in [1.165, 1.54) is 24.3 Å². The SMILES string of the molecule is CC(C)NC(=O)CN1CCN(C(=O)c2ccc(/C=C3\SC(=O)N(Cc4ccccc4C(F)(F)F)C3=O)cc2)CC1. The van der Waals surface area contributed by atoms with Gasteiger partial charge in [-0.3, -0.25) is 29.0 Å². The van der Waals surface area contributed by atoms with Crippen LogP contribution in [0.3, 0.4) is 0 Å². The molecule has 1 N–H and O–H groups in total. The van der Waals surface area contributed by atoms with Crippen molar-refractivity contribution in [2.45, 2.75) is 32.6 Å². The number of thioether (sulfide) groups is 1. The van der Waals surface area contributed by atoms with Gasteiger partial charge in [-0.15, -0.1) is 0 Å². The van der Waals surface area contributed by atoms with Crippen molar-refractivity contribution in [1.82, 2.24) is 20.0 Å². The van der Waals surface area contributed by atoms with E-state index in [9.17, 15) is 32.3 Å². The molecule has 0 radical (unpaired) electrons. The smallest absolute Gasteiger partial charge is 0.353 e. The fourth-order valence-corrected chi connectivity index (χ4v) is 5.32. The Labute approximate surface area is 234 Å². The van der Waals surface area contributed by atoms with Crippen LogP contribution in [0.5, 0.6) is 0 Å². The Hall–Kier alpha value is -3.64. The molecule has 0 aromatic heterocycles. The van der Waals surface area contributed by atoms with Gasteiger partial charge in [0.05, 0.1) is 23.6 Å². The van der Waals surface area contributed by atoms with Crippen LogP contribution < -0.4 is 5.32 Å². The van der Waals surface area contributed by atoms with Gasteiger partial charge in [0, 0.05) is 37.8 Å². The first-order chi connectivity index (χ1) is 18.9. The second kappa shape index (κ2) is 12.3. The van der Waals surface area contributed by atoms with Crippen molar-refractivity contribution < 1.29 is 32.3 Å². The second-order valence-electron chi connectivity index (χ2n) is 9.84. The number of carbonyl (C=O) groups is 4. The number of alkyl halides is 3. The van der Waals surface area contributed by atoms with Crippen molar-refractivity contribution in [3.8, 4) is 0 Å². The average Bonchev–Trinajstić information content (AvgIpc) is 3.15. The summed E-state index contributed by atoms with van der Waals surface area (Å²) in [6, 6.07) is 11.5. The van der Waals surface area contributed by atoms with Crippen LogP contribution in [0, 0.1) is 0 Å².